The predicted molar refractivity (Wildman–Crippen MR) is 78.6 cm³/mol. The highest BCUT2D eigenvalue weighted by atomic mass is 16.4. The number of hydrogen-bond acceptors (Lipinski definition) is 3. The van der Waals surface area contributed by atoms with E-state index in [1.54, 1.807) is 17.0 Å². The van der Waals surface area contributed by atoms with Gasteiger partial charge in [0.25, 0.3) is 5.91 Å². The predicted octanol–water partition coefficient (Wildman–Crippen LogP) is 2.29. The normalized spacial score (nSPS) is 10.6. The van der Waals surface area contributed by atoms with E-state index >= 15 is 0 Å². The molecule has 110 valence electrons. The summed E-state index contributed by atoms with van der Waals surface area (Å²) in [6, 6.07) is 5.34. The molecular formula is C15H22N2O3. The lowest BCUT2D eigenvalue weighted by Crippen LogP contribution is -2.38. The summed E-state index contributed by atoms with van der Waals surface area (Å²) in [5, 5.41) is 8.68. The van der Waals surface area contributed by atoms with Crippen LogP contribution in [-0.2, 0) is 4.79 Å². The molecular weight excluding hydrogens is 256 g/mol. The Kier molecular flexibility index (Phi) is 5.55. The highest BCUT2D eigenvalue weighted by Crippen LogP contribution is 2.18. The molecule has 1 amide bonds. The molecule has 20 heavy (non-hydrogen) atoms. The van der Waals surface area contributed by atoms with Crippen molar-refractivity contribution >= 4 is 17.6 Å². The molecule has 0 fully saturated rings. The second-order valence-corrected chi connectivity index (χ2v) is 5.18. The fraction of sp³-hybridized carbons (Fsp3) is 0.467. The van der Waals surface area contributed by atoms with Gasteiger partial charge in [-0.05, 0) is 39.3 Å². The van der Waals surface area contributed by atoms with Crippen LogP contribution in [0.3, 0.4) is 0 Å². The Hall–Kier alpha value is -2.04. The Labute approximate surface area is 119 Å². The molecule has 0 saturated heterocycles. The van der Waals surface area contributed by atoms with Crippen molar-refractivity contribution < 1.29 is 14.7 Å². The fourth-order valence-electron chi connectivity index (χ4n) is 2.00. The number of nitrogen functional groups attached to an aromatic ring is 1. The smallest absolute Gasteiger partial charge is 0.303 e. The number of hydrogen-bond donors (Lipinski definition) is 2. The first kappa shape index (κ1) is 16.0. The SMILES string of the molecule is Cc1ccc(N)c(C(=O)N(CCCC(=O)O)C(C)C)c1. The summed E-state index contributed by atoms with van der Waals surface area (Å²) < 4.78 is 0. The Morgan fingerprint density at radius 1 is 1.35 bits per heavy atom. The third-order valence-corrected chi connectivity index (χ3v) is 3.11. The molecule has 1 rings (SSSR count). The molecule has 0 aliphatic carbocycles. The quantitative estimate of drug-likeness (QED) is 0.782. The van der Waals surface area contributed by atoms with Crippen LogP contribution in [-0.4, -0.2) is 34.5 Å². The van der Waals surface area contributed by atoms with Gasteiger partial charge in [0, 0.05) is 24.7 Å². The molecule has 1 aromatic rings. The molecule has 0 saturated carbocycles. The number of nitrogens with zero attached hydrogens (tertiary/aromatic N) is 1. The van der Waals surface area contributed by atoms with Gasteiger partial charge in [-0.15, -0.1) is 0 Å². The van der Waals surface area contributed by atoms with E-state index < -0.39 is 5.97 Å². The highest BCUT2D eigenvalue weighted by molar-refractivity contribution is 5.99. The van der Waals surface area contributed by atoms with Gasteiger partial charge in [-0.3, -0.25) is 9.59 Å². The number of carboxylic acids is 1. The van der Waals surface area contributed by atoms with Gasteiger partial charge in [-0.1, -0.05) is 11.6 Å². The number of aliphatic carboxylic acids is 1. The van der Waals surface area contributed by atoms with Crippen molar-refractivity contribution in [1.82, 2.24) is 4.90 Å². The van der Waals surface area contributed by atoms with Crippen LogP contribution in [0.15, 0.2) is 18.2 Å². The molecule has 0 atom stereocenters. The van der Waals surface area contributed by atoms with E-state index in [0.29, 0.717) is 24.2 Å². The first-order valence-corrected chi connectivity index (χ1v) is 6.71. The molecule has 0 radical (unpaired) electrons. The number of aryl methyl sites for hydroxylation is 1. The summed E-state index contributed by atoms with van der Waals surface area (Å²) in [4.78, 5) is 24.8. The van der Waals surface area contributed by atoms with Crippen LogP contribution in [0.5, 0.6) is 0 Å². The third kappa shape index (κ3) is 4.26. The van der Waals surface area contributed by atoms with Gasteiger partial charge in [-0.2, -0.15) is 0 Å². The standard InChI is InChI=1S/C15H22N2O3/c1-10(2)17(8-4-5-14(18)19)15(20)12-9-11(3)6-7-13(12)16/h6-7,9-10H,4-5,8,16H2,1-3H3,(H,18,19). The van der Waals surface area contributed by atoms with Crippen molar-refractivity contribution in [3.8, 4) is 0 Å². The van der Waals surface area contributed by atoms with E-state index in [-0.39, 0.29) is 18.4 Å². The Balaban J connectivity index is 2.88. The zero-order chi connectivity index (χ0) is 15.3. The number of rotatable bonds is 6. The van der Waals surface area contributed by atoms with Crippen LogP contribution in [0, 0.1) is 6.92 Å². The summed E-state index contributed by atoms with van der Waals surface area (Å²) in [6.07, 6.45) is 0.491. The Bertz CT molecular complexity index is 498. The maximum absolute atomic E-state index is 12.5. The summed E-state index contributed by atoms with van der Waals surface area (Å²) in [7, 11) is 0. The van der Waals surface area contributed by atoms with Crippen LogP contribution in [0.4, 0.5) is 5.69 Å². The molecule has 0 aliphatic heterocycles. The summed E-state index contributed by atoms with van der Waals surface area (Å²) in [5.74, 6) is -0.997. The van der Waals surface area contributed by atoms with Crippen LogP contribution < -0.4 is 5.73 Å². The second-order valence-electron chi connectivity index (χ2n) is 5.18. The lowest BCUT2D eigenvalue weighted by Gasteiger charge is -2.27. The third-order valence-electron chi connectivity index (χ3n) is 3.11. The van der Waals surface area contributed by atoms with E-state index in [2.05, 4.69) is 0 Å². The van der Waals surface area contributed by atoms with Gasteiger partial charge in [-0.25, -0.2) is 0 Å². The van der Waals surface area contributed by atoms with Crippen molar-refractivity contribution in [2.24, 2.45) is 0 Å². The number of benzene rings is 1. The molecule has 5 nitrogen and oxygen atoms in total. The lowest BCUT2D eigenvalue weighted by molar-refractivity contribution is -0.137. The maximum Gasteiger partial charge on any atom is 0.303 e. The number of carbonyl (C=O) groups is 2. The van der Waals surface area contributed by atoms with Crippen molar-refractivity contribution in [3.05, 3.63) is 29.3 Å². The molecule has 0 unspecified atom stereocenters. The van der Waals surface area contributed by atoms with Crippen LogP contribution in [0.1, 0.15) is 42.6 Å². The topological polar surface area (TPSA) is 83.6 Å². The number of anilines is 1. The first-order chi connectivity index (χ1) is 9.32. The van der Waals surface area contributed by atoms with Crippen LogP contribution in [0.2, 0.25) is 0 Å². The average molecular weight is 278 g/mol. The van der Waals surface area contributed by atoms with Gasteiger partial charge in [0.05, 0.1) is 5.56 Å². The van der Waals surface area contributed by atoms with E-state index in [9.17, 15) is 9.59 Å². The molecule has 1 aromatic carbocycles. The van der Waals surface area contributed by atoms with Crippen LogP contribution >= 0.6 is 0 Å². The minimum Gasteiger partial charge on any atom is -0.481 e. The summed E-state index contributed by atoms with van der Waals surface area (Å²) >= 11 is 0. The van der Waals surface area contributed by atoms with Gasteiger partial charge in [0.2, 0.25) is 0 Å². The largest absolute Gasteiger partial charge is 0.481 e. The van der Waals surface area contributed by atoms with Gasteiger partial charge in [0.15, 0.2) is 0 Å². The van der Waals surface area contributed by atoms with E-state index in [0.717, 1.165) is 5.56 Å². The van der Waals surface area contributed by atoms with Crippen LogP contribution in [0.25, 0.3) is 0 Å². The molecule has 5 heteroatoms. The number of amides is 1. The second kappa shape index (κ2) is 6.93. The zero-order valence-corrected chi connectivity index (χ0v) is 12.2. The average Bonchev–Trinajstić information content (AvgIpc) is 2.36. The number of carboxylic acid groups (broad SMARTS) is 1. The molecule has 0 heterocycles. The molecule has 3 N–H and O–H groups in total. The van der Waals surface area contributed by atoms with Gasteiger partial charge < -0.3 is 15.7 Å². The fourth-order valence-corrected chi connectivity index (χ4v) is 2.00. The first-order valence-electron chi connectivity index (χ1n) is 6.71. The van der Waals surface area contributed by atoms with E-state index in [4.69, 9.17) is 10.8 Å². The monoisotopic (exact) mass is 278 g/mol. The van der Waals surface area contributed by atoms with Crippen molar-refractivity contribution in [3.63, 3.8) is 0 Å². The van der Waals surface area contributed by atoms with Gasteiger partial charge in [0.1, 0.15) is 0 Å². The minimum absolute atomic E-state index is 0.00351. The molecule has 0 aliphatic rings. The van der Waals surface area contributed by atoms with Gasteiger partial charge >= 0.3 is 5.97 Å². The van der Waals surface area contributed by atoms with E-state index in [1.807, 2.05) is 26.8 Å². The lowest BCUT2D eigenvalue weighted by atomic mass is 10.1. The summed E-state index contributed by atoms with van der Waals surface area (Å²) in [5.41, 5.74) is 7.76. The van der Waals surface area contributed by atoms with Crippen molar-refractivity contribution in [1.29, 1.82) is 0 Å². The number of nitrogens with two attached hydrogens (primary N) is 1. The van der Waals surface area contributed by atoms with E-state index in [1.165, 1.54) is 0 Å². The Morgan fingerprint density at radius 2 is 2.00 bits per heavy atom. The number of carbonyl (C=O) groups excluding carboxylic acids is 1. The molecule has 0 bridgehead atoms. The summed E-state index contributed by atoms with van der Waals surface area (Å²) in [6.45, 7) is 6.13. The Morgan fingerprint density at radius 3 is 2.55 bits per heavy atom. The maximum atomic E-state index is 12.5. The van der Waals surface area contributed by atoms with Crippen molar-refractivity contribution in [2.75, 3.05) is 12.3 Å². The zero-order valence-electron chi connectivity index (χ0n) is 12.2. The minimum atomic E-state index is -0.851. The molecule has 0 aromatic heterocycles. The highest BCUT2D eigenvalue weighted by Gasteiger charge is 2.20. The van der Waals surface area contributed by atoms with Crippen molar-refractivity contribution in [2.45, 2.75) is 39.7 Å². The molecule has 0 spiro atoms.